The second-order valence-corrected chi connectivity index (χ2v) is 0.679. The van der Waals surface area contributed by atoms with Gasteiger partial charge >= 0.3 is 0 Å². The number of quaternary nitrogens is 1. The van der Waals surface area contributed by atoms with E-state index in [2.05, 4.69) is 0 Å². The molecular weight excluding hydrogens is 102 g/mol. The van der Waals surface area contributed by atoms with E-state index in [0.717, 1.165) is 0 Å². The third-order valence-electron chi connectivity index (χ3n) is 0.247. The first kappa shape index (κ1) is 15.8. The van der Waals surface area contributed by atoms with E-state index in [4.69, 9.17) is 5.11 Å². The number of aliphatic hydroxyl groups excluding tert-OH is 1. The average Bonchev–Trinajstić information content (AvgIpc) is 1.41. The number of aliphatic hydroxyl groups is 1. The van der Waals surface area contributed by atoms with Crippen LogP contribution in [0, 0.1) is 5.21 Å². The molecule has 0 saturated carbocycles. The highest BCUT2D eigenvalue weighted by molar-refractivity contribution is 4.09. The molecule has 0 rings (SSSR count). The largest absolute Gasteiger partial charge is 0.636 e. The van der Waals surface area contributed by atoms with Gasteiger partial charge in [0, 0.05) is 0 Å². The van der Waals surface area contributed by atoms with Gasteiger partial charge in [-0.1, -0.05) is 0 Å². The Morgan fingerprint density at radius 1 is 1.43 bits per heavy atom. The summed E-state index contributed by atoms with van der Waals surface area (Å²) >= 11 is 0. The molecular formula is C2H11NO4. The average molecular weight is 113 g/mol. The van der Waals surface area contributed by atoms with Crippen LogP contribution < -0.4 is 5.48 Å². The number of hydrogen-bond acceptors (Lipinski definition) is 2. The second kappa shape index (κ2) is 17.0. The predicted octanol–water partition coefficient (Wildman–Crippen LogP) is -3.61. The molecule has 5 nitrogen and oxygen atoms in total. The summed E-state index contributed by atoms with van der Waals surface area (Å²) in [5.74, 6) is 0. The fourth-order valence-corrected chi connectivity index (χ4v) is 0.0527. The zero-order chi connectivity index (χ0) is 4.12. The van der Waals surface area contributed by atoms with E-state index in [1.54, 1.807) is 0 Å². The molecule has 0 radical (unpaired) electrons. The van der Waals surface area contributed by atoms with Crippen molar-refractivity contribution in [1.29, 1.82) is 0 Å². The summed E-state index contributed by atoms with van der Waals surface area (Å²) in [6, 6.07) is 0. The maximum absolute atomic E-state index is 9.24. The lowest BCUT2D eigenvalue weighted by atomic mass is 10.8. The van der Waals surface area contributed by atoms with E-state index in [0.29, 0.717) is 5.48 Å². The van der Waals surface area contributed by atoms with Crippen molar-refractivity contribution in [3.8, 4) is 0 Å². The minimum Gasteiger partial charge on any atom is -0.636 e. The van der Waals surface area contributed by atoms with Gasteiger partial charge in [0.05, 0.1) is 13.2 Å². The summed E-state index contributed by atoms with van der Waals surface area (Å²) in [6.45, 7) is 0.240. The Hall–Kier alpha value is -0.200. The van der Waals surface area contributed by atoms with Crippen molar-refractivity contribution in [3.63, 3.8) is 0 Å². The van der Waals surface area contributed by atoms with Crippen molar-refractivity contribution in [1.82, 2.24) is 0 Å². The number of hydroxylamine groups is 1. The van der Waals surface area contributed by atoms with Crippen LogP contribution in [0.5, 0.6) is 0 Å². The van der Waals surface area contributed by atoms with Crippen molar-refractivity contribution in [3.05, 3.63) is 5.21 Å². The fourth-order valence-electron chi connectivity index (χ4n) is 0.0527. The highest BCUT2D eigenvalue weighted by Crippen LogP contribution is 1.32. The minimum atomic E-state index is -0.0243. The molecule has 0 aliphatic rings. The standard InChI is InChI=1S/C2H7NO2.2H2O/c4-2-1-3-5;;/h4H,1-3H2;2*1H2. The third kappa shape index (κ3) is 25.8. The molecule has 0 heterocycles. The van der Waals surface area contributed by atoms with Crippen LogP contribution in [0.25, 0.3) is 0 Å². The van der Waals surface area contributed by atoms with E-state index in [1.807, 2.05) is 0 Å². The number of nitrogens with two attached hydrogens (primary N) is 1. The van der Waals surface area contributed by atoms with Crippen LogP contribution in [0.4, 0.5) is 0 Å². The van der Waals surface area contributed by atoms with Gasteiger partial charge in [-0.05, 0) is 0 Å². The topological polar surface area (TPSA) is 123 Å². The van der Waals surface area contributed by atoms with Crippen LogP contribution in [0.3, 0.4) is 0 Å². The van der Waals surface area contributed by atoms with Crippen molar-refractivity contribution >= 4 is 0 Å². The van der Waals surface area contributed by atoms with Crippen LogP contribution in [-0.2, 0) is 0 Å². The van der Waals surface area contributed by atoms with E-state index < -0.39 is 0 Å². The summed E-state index contributed by atoms with van der Waals surface area (Å²) in [4.78, 5) is 0. The molecule has 0 unspecified atom stereocenters. The summed E-state index contributed by atoms with van der Waals surface area (Å²) in [5, 5.41) is 17.1. The van der Waals surface area contributed by atoms with Crippen molar-refractivity contribution in [2.24, 2.45) is 0 Å². The molecule has 0 aromatic heterocycles. The van der Waals surface area contributed by atoms with Gasteiger partial charge in [-0.2, -0.15) is 0 Å². The first-order valence-corrected chi connectivity index (χ1v) is 1.46. The second-order valence-electron chi connectivity index (χ2n) is 0.679. The van der Waals surface area contributed by atoms with Gasteiger partial charge in [-0.3, -0.25) is 0 Å². The van der Waals surface area contributed by atoms with Gasteiger partial charge in [-0.25, -0.2) is 0 Å². The zero-order valence-corrected chi connectivity index (χ0v) is 3.85. The molecule has 0 aromatic carbocycles. The SMILES string of the molecule is O.O.[O-][NH2+]CCO. The normalized spacial score (nSPS) is 6.00. The Balaban J connectivity index is -0.0000000800. The van der Waals surface area contributed by atoms with Crippen LogP contribution in [0.2, 0.25) is 0 Å². The highest BCUT2D eigenvalue weighted by Gasteiger charge is 1.66. The molecule has 5 heteroatoms. The first-order chi connectivity index (χ1) is 2.41. The lowest BCUT2D eigenvalue weighted by Crippen LogP contribution is -2.78. The molecule has 0 spiro atoms. The number of rotatable bonds is 2. The van der Waals surface area contributed by atoms with Gasteiger partial charge in [0.1, 0.15) is 0 Å². The molecule has 0 aliphatic carbocycles. The van der Waals surface area contributed by atoms with Crippen LogP contribution >= 0.6 is 0 Å². The highest BCUT2D eigenvalue weighted by atomic mass is 16.5. The van der Waals surface area contributed by atoms with Gasteiger partial charge in [0.25, 0.3) is 0 Å². The molecule has 0 aliphatic heterocycles. The quantitative estimate of drug-likeness (QED) is 0.359. The lowest BCUT2D eigenvalue weighted by Gasteiger charge is -1.93. The van der Waals surface area contributed by atoms with Crippen molar-refractivity contribution in [2.75, 3.05) is 13.2 Å². The molecule has 0 atom stereocenters. The van der Waals surface area contributed by atoms with Crippen LogP contribution in [0.1, 0.15) is 0 Å². The summed E-state index contributed by atoms with van der Waals surface area (Å²) in [7, 11) is 0. The Morgan fingerprint density at radius 3 is 1.86 bits per heavy atom. The van der Waals surface area contributed by atoms with Crippen LogP contribution in [0.15, 0.2) is 0 Å². The Morgan fingerprint density at radius 2 is 1.86 bits per heavy atom. The maximum atomic E-state index is 9.24. The zero-order valence-electron chi connectivity index (χ0n) is 3.85. The van der Waals surface area contributed by atoms with Crippen LogP contribution in [-0.4, -0.2) is 29.2 Å². The number of hydrogen-bond donors (Lipinski definition) is 2. The smallest absolute Gasteiger partial charge is 0.0987 e. The van der Waals surface area contributed by atoms with Gasteiger partial charge in [-0.15, -0.1) is 0 Å². The van der Waals surface area contributed by atoms with Crippen molar-refractivity contribution in [2.45, 2.75) is 0 Å². The predicted molar refractivity (Wildman–Crippen MR) is 24.5 cm³/mol. The van der Waals surface area contributed by atoms with E-state index >= 15 is 0 Å². The summed E-state index contributed by atoms with van der Waals surface area (Å²) in [6.07, 6.45) is 0. The monoisotopic (exact) mass is 113 g/mol. The van der Waals surface area contributed by atoms with Crippen molar-refractivity contribution < 1.29 is 21.5 Å². The Bertz CT molecular complexity index is 17.2. The molecule has 0 bridgehead atoms. The third-order valence-corrected chi connectivity index (χ3v) is 0.247. The minimum absolute atomic E-state index is 0. The van der Waals surface area contributed by atoms with Gasteiger partial charge in [0.15, 0.2) is 0 Å². The van der Waals surface area contributed by atoms with Gasteiger partial charge in [0.2, 0.25) is 0 Å². The van der Waals surface area contributed by atoms with E-state index in [1.165, 1.54) is 0 Å². The molecule has 0 aromatic rings. The van der Waals surface area contributed by atoms with E-state index in [9.17, 15) is 5.21 Å². The molecule has 0 fully saturated rings. The summed E-state index contributed by atoms with van der Waals surface area (Å²) < 4.78 is 0. The fraction of sp³-hybridized carbons (Fsp3) is 1.00. The Labute approximate surface area is 41.2 Å². The molecule has 7 N–H and O–H groups in total. The molecule has 0 amide bonds. The maximum Gasteiger partial charge on any atom is 0.0987 e. The van der Waals surface area contributed by atoms with E-state index in [-0.39, 0.29) is 24.1 Å². The molecule has 0 saturated heterocycles. The molecule has 48 valence electrons. The van der Waals surface area contributed by atoms with Gasteiger partial charge < -0.3 is 26.7 Å². The first-order valence-electron chi connectivity index (χ1n) is 1.46. The Kier molecular flexibility index (Phi) is 38.6. The molecule has 7 heavy (non-hydrogen) atoms. The lowest BCUT2D eigenvalue weighted by molar-refractivity contribution is -0.590. The summed E-state index contributed by atoms with van der Waals surface area (Å²) in [5.41, 5.74) is 0.681.